The van der Waals surface area contributed by atoms with Crippen molar-refractivity contribution in [2.45, 2.75) is 44.7 Å². The van der Waals surface area contributed by atoms with E-state index in [1.807, 2.05) is 23.1 Å². The summed E-state index contributed by atoms with van der Waals surface area (Å²) in [7, 11) is 0. The van der Waals surface area contributed by atoms with Gasteiger partial charge in [-0.1, -0.05) is 6.07 Å². The van der Waals surface area contributed by atoms with Crippen molar-refractivity contribution in [1.29, 1.82) is 0 Å². The van der Waals surface area contributed by atoms with Crippen LogP contribution in [0.15, 0.2) is 42.6 Å². The summed E-state index contributed by atoms with van der Waals surface area (Å²) in [5.41, 5.74) is 2.38. The second-order valence-electron chi connectivity index (χ2n) is 7.21. The molecular weight excluding hydrogens is 357 g/mol. The molecule has 2 aromatic heterocycles. The highest BCUT2D eigenvalue weighted by Crippen LogP contribution is 2.21. The fourth-order valence-electron chi connectivity index (χ4n) is 3.81. The zero-order valence-electron chi connectivity index (χ0n) is 15.7. The number of nitrogens with zero attached hydrogens (tertiary/aromatic N) is 3. The van der Waals surface area contributed by atoms with Gasteiger partial charge in [0.05, 0.1) is 17.6 Å². The molecule has 0 unspecified atom stereocenters. The monoisotopic (exact) mass is 381 g/mol. The molecule has 7 heteroatoms. The van der Waals surface area contributed by atoms with Crippen LogP contribution in [0.25, 0.3) is 11.0 Å². The van der Waals surface area contributed by atoms with Gasteiger partial charge >= 0.3 is 6.03 Å². The first-order valence-electron chi connectivity index (χ1n) is 9.77. The number of aryl methyl sites for hydroxylation is 1. The average molecular weight is 381 g/mol. The van der Waals surface area contributed by atoms with E-state index < -0.39 is 0 Å². The number of rotatable bonds is 5. The van der Waals surface area contributed by atoms with Gasteiger partial charge in [0.1, 0.15) is 11.6 Å². The van der Waals surface area contributed by atoms with E-state index in [9.17, 15) is 9.18 Å². The summed E-state index contributed by atoms with van der Waals surface area (Å²) >= 11 is 0. The molecule has 0 aliphatic carbocycles. The second kappa shape index (κ2) is 8.37. The Labute approximate surface area is 163 Å². The van der Waals surface area contributed by atoms with Crippen molar-refractivity contribution in [1.82, 2.24) is 25.2 Å². The zero-order valence-corrected chi connectivity index (χ0v) is 15.7. The minimum atomic E-state index is -0.309. The van der Waals surface area contributed by atoms with Crippen LogP contribution in [0, 0.1) is 5.82 Å². The Bertz CT molecular complexity index is 942. The van der Waals surface area contributed by atoms with Crippen LogP contribution in [0.4, 0.5) is 9.18 Å². The van der Waals surface area contributed by atoms with Gasteiger partial charge in [-0.2, -0.15) is 0 Å². The number of pyridine rings is 1. The number of imidazole rings is 1. The number of carbonyl (C=O) groups is 1. The fourth-order valence-corrected chi connectivity index (χ4v) is 3.81. The number of amides is 2. The lowest BCUT2D eigenvalue weighted by Crippen LogP contribution is -2.48. The van der Waals surface area contributed by atoms with Gasteiger partial charge in [0, 0.05) is 24.5 Å². The molecule has 3 heterocycles. The van der Waals surface area contributed by atoms with Crippen molar-refractivity contribution in [3.8, 4) is 0 Å². The summed E-state index contributed by atoms with van der Waals surface area (Å²) in [6.45, 7) is 1.06. The van der Waals surface area contributed by atoms with Gasteiger partial charge < -0.3 is 15.2 Å². The summed E-state index contributed by atoms with van der Waals surface area (Å²) in [5.74, 6) is 0.312. The maximum absolute atomic E-state index is 13.3. The molecule has 2 amide bonds. The molecule has 6 nitrogen and oxygen atoms in total. The number of fused-ring (bicyclic) bond motifs is 1. The van der Waals surface area contributed by atoms with Crippen LogP contribution in [-0.2, 0) is 13.0 Å². The lowest BCUT2D eigenvalue weighted by molar-refractivity contribution is 0.146. The van der Waals surface area contributed by atoms with E-state index in [0.717, 1.165) is 44.3 Å². The Hall–Kier alpha value is -2.96. The van der Waals surface area contributed by atoms with Crippen molar-refractivity contribution in [2.75, 3.05) is 6.54 Å². The number of benzene rings is 1. The number of aromatic amines is 1. The highest BCUT2D eigenvalue weighted by atomic mass is 19.1. The van der Waals surface area contributed by atoms with E-state index >= 15 is 0 Å². The number of urea groups is 1. The molecule has 0 saturated carbocycles. The van der Waals surface area contributed by atoms with Crippen LogP contribution in [0.1, 0.15) is 37.2 Å². The molecule has 1 aliphatic heterocycles. The summed E-state index contributed by atoms with van der Waals surface area (Å²) in [6, 6.07) is 10.5. The van der Waals surface area contributed by atoms with Gasteiger partial charge in [-0.15, -0.1) is 0 Å². The smallest absolute Gasteiger partial charge is 0.318 e. The van der Waals surface area contributed by atoms with Crippen LogP contribution in [0.3, 0.4) is 0 Å². The van der Waals surface area contributed by atoms with Crippen molar-refractivity contribution in [3.05, 3.63) is 59.9 Å². The first-order chi connectivity index (χ1) is 13.7. The van der Waals surface area contributed by atoms with Gasteiger partial charge in [0.15, 0.2) is 0 Å². The summed E-state index contributed by atoms with van der Waals surface area (Å²) < 4.78 is 13.3. The first kappa shape index (κ1) is 18.4. The minimum absolute atomic E-state index is 0.0719. The molecular formula is C21H24FN5O. The normalized spacial score (nSPS) is 17.0. The van der Waals surface area contributed by atoms with E-state index in [1.165, 1.54) is 12.1 Å². The third-order valence-electron chi connectivity index (χ3n) is 5.25. The Morgan fingerprint density at radius 1 is 1.29 bits per heavy atom. The van der Waals surface area contributed by atoms with E-state index in [1.54, 1.807) is 12.3 Å². The zero-order chi connectivity index (χ0) is 19.3. The number of carbonyl (C=O) groups excluding carboxylic acids is 1. The number of piperidine rings is 1. The van der Waals surface area contributed by atoms with Gasteiger partial charge in [0.25, 0.3) is 0 Å². The molecule has 3 aromatic rings. The third-order valence-corrected chi connectivity index (χ3v) is 5.25. The number of hydrogen-bond donors (Lipinski definition) is 2. The van der Waals surface area contributed by atoms with E-state index in [0.29, 0.717) is 23.4 Å². The van der Waals surface area contributed by atoms with E-state index in [2.05, 4.69) is 20.3 Å². The summed E-state index contributed by atoms with van der Waals surface area (Å²) in [6.07, 6.45) is 6.77. The minimum Gasteiger partial charge on any atom is -0.340 e. The Kier molecular flexibility index (Phi) is 5.50. The largest absolute Gasteiger partial charge is 0.340 e. The standard InChI is InChI=1S/C21H24FN5O/c22-15-7-10-18-19(13-15)26-20(25-18)14-24-21(28)27-12-4-2-6-17(27)9-8-16-5-1-3-11-23-16/h1,3,5,7,10-11,13,17H,2,4,6,8-9,12,14H2,(H,24,28)(H,25,26)/t17-/m1/s1. The molecule has 146 valence electrons. The van der Waals surface area contributed by atoms with Crippen molar-refractivity contribution < 1.29 is 9.18 Å². The predicted octanol–water partition coefficient (Wildman–Crippen LogP) is 3.79. The van der Waals surface area contributed by atoms with Crippen LogP contribution in [0.2, 0.25) is 0 Å². The third kappa shape index (κ3) is 4.30. The predicted molar refractivity (Wildman–Crippen MR) is 105 cm³/mol. The molecule has 1 aromatic carbocycles. The lowest BCUT2D eigenvalue weighted by atomic mass is 9.97. The number of halogens is 1. The first-order valence-corrected chi connectivity index (χ1v) is 9.77. The number of H-pyrrole nitrogens is 1. The maximum atomic E-state index is 13.3. The van der Waals surface area contributed by atoms with Gasteiger partial charge in [-0.3, -0.25) is 4.98 Å². The molecule has 0 radical (unpaired) electrons. The topological polar surface area (TPSA) is 73.9 Å². The Balaban J connectivity index is 1.36. The molecule has 1 aliphatic rings. The van der Waals surface area contributed by atoms with Gasteiger partial charge in [-0.05, 0) is 62.4 Å². The van der Waals surface area contributed by atoms with Crippen LogP contribution in [0.5, 0.6) is 0 Å². The Morgan fingerprint density at radius 2 is 2.21 bits per heavy atom. The van der Waals surface area contributed by atoms with Crippen LogP contribution in [-0.4, -0.2) is 38.5 Å². The van der Waals surface area contributed by atoms with Crippen molar-refractivity contribution in [3.63, 3.8) is 0 Å². The number of likely N-dealkylation sites (tertiary alicyclic amines) is 1. The maximum Gasteiger partial charge on any atom is 0.318 e. The van der Waals surface area contributed by atoms with Crippen LogP contribution < -0.4 is 5.32 Å². The molecule has 4 rings (SSSR count). The lowest BCUT2D eigenvalue weighted by Gasteiger charge is -2.35. The summed E-state index contributed by atoms with van der Waals surface area (Å²) in [4.78, 5) is 26.5. The molecule has 1 fully saturated rings. The second-order valence-corrected chi connectivity index (χ2v) is 7.21. The SMILES string of the molecule is O=C(NCc1nc2ccc(F)cc2[nH]1)N1CCCC[C@@H]1CCc1ccccn1. The molecule has 1 saturated heterocycles. The molecule has 0 spiro atoms. The number of aromatic nitrogens is 3. The number of hydrogen-bond acceptors (Lipinski definition) is 3. The molecule has 2 N–H and O–H groups in total. The van der Waals surface area contributed by atoms with Crippen molar-refractivity contribution >= 4 is 17.1 Å². The Morgan fingerprint density at radius 3 is 3.07 bits per heavy atom. The van der Waals surface area contributed by atoms with Crippen LogP contribution >= 0.6 is 0 Å². The summed E-state index contributed by atoms with van der Waals surface area (Å²) in [5, 5.41) is 2.96. The molecule has 0 bridgehead atoms. The highest BCUT2D eigenvalue weighted by Gasteiger charge is 2.26. The molecule has 1 atom stereocenters. The van der Waals surface area contributed by atoms with Gasteiger partial charge in [-0.25, -0.2) is 14.2 Å². The van der Waals surface area contributed by atoms with E-state index in [-0.39, 0.29) is 17.9 Å². The van der Waals surface area contributed by atoms with E-state index in [4.69, 9.17) is 0 Å². The highest BCUT2D eigenvalue weighted by molar-refractivity contribution is 5.76. The van der Waals surface area contributed by atoms with Crippen molar-refractivity contribution in [2.24, 2.45) is 0 Å². The van der Waals surface area contributed by atoms with Gasteiger partial charge in [0.2, 0.25) is 0 Å². The average Bonchev–Trinajstić information content (AvgIpc) is 3.13. The fraction of sp³-hybridized carbons (Fsp3) is 0.381. The number of nitrogens with one attached hydrogen (secondary N) is 2. The quantitative estimate of drug-likeness (QED) is 0.706. The molecule has 28 heavy (non-hydrogen) atoms.